The molecule has 0 spiro atoms. The number of benzene rings is 2. The van der Waals surface area contributed by atoms with Crippen molar-refractivity contribution < 1.29 is 22.8 Å². The van der Waals surface area contributed by atoms with Gasteiger partial charge in [-0.2, -0.15) is 0 Å². The number of aromatic nitrogens is 2. The quantitative estimate of drug-likeness (QED) is 0.455. The highest BCUT2D eigenvalue weighted by atomic mass is 32.2. The maximum absolute atomic E-state index is 12.6. The van der Waals surface area contributed by atoms with Crippen LogP contribution in [0, 0.1) is 17.0 Å². The van der Waals surface area contributed by atoms with Crippen molar-refractivity contribution >= 4 is 21.4 Å². The molecule has 146 valence electrons. The lowest BCUT2D eigenvalue weighted by molar-refractivity contribution is -0.385. The number of nitro benzene ring substituents is 1. The minimum Gasteiger partial charge on any atom is -0.495 e. The first-order valence-electron chi connectivity index (χ1n) is 7.93. The van der Waals surface area contributed by atoms with E-state index in [9.17, 15) is 18.5 Å². The maximum atomic E-state index is 12.6. The van der Waals surface area contributed by atoms with E-state index in [2.05, 4.69) is 14.9 Å². The molecule has 2 aromatic carbocycles. The zero-order chi connectivity index (χ0) is 20.3. The Bertz CT molecular complexity index is 1110. The number of nitrogens with one attached hydrogen (secondary N) is 2. The first kappa shape index (κ1) is 19.2. The molecule has 0 atom stereocenters. The summed E-state index contributed by atoms with van der Waals surface area (Å²) in [6, 6.07) is 11.2. The van der Waals surface area contributed by atoms with Crippen LogP contribution in [-0.4, -0.2) is 30.6 Å². The molecule has 0 aliphatic carbocycles. The Morgan fingerprint density at radius 2 is 1.86 bits per heavy atom. The lowest BCUT2D eigenvalue weighted by Crippen LogP contribution is -2.14. The van der Waals surface area contributed by atoms with Crippen LogP contribution in [0.4, 0.5) is 11.4 Å². The lowest BCUT2D eigenvalue weighted by atomic mass is 10.3. The third-order valence-electron chi connectivity index (χ3n) is 3.66. The van der Waals surface area contributed by atoms with Gasteiger partial charge in [0, 0.05) is 23.5 Å². The van der Waals surface area contributed by atoms with Gasteiger partial charge >= 0.3 is 0 Å². The summed E-state index contributed by atoms with van der Waals surface area (Å²) in [5.41, 5.74) is 0.855. The van der Waals surface area contributed by atoms with E-state index in [4.69, 9.17) is 9.47 Å². The molecule has 2 N–H and O–H groups in total. The number of rotatable bonds is 7. The van der Waals surface area contributed by atoms with Gasteiger partial charge in [-0.15, -0.1) is 5.10 Å². The third-order valence-corrected chi connectivity index (χ3v) is 5.08. The molecule has 11 heteroatoms. The van der Waals surface area contributed by atoms with Crippen LogP contribution in [0.1, 0.15) is 5.69 Å². The highest BCUT2D eigenvalue weighted by Gasteiger charge is 2.22. The third kappa shape index (κ3) is 4.20. The molecule has 0 bridgehead atoms. The number of methoxy groups -OCH3 is 1. The molecular formula is C17H16N4O6S. The standard InChI is InChI=1S/C17H16N4O6S/c1-11-9-17(19-18-11)27-14-6-3-12(4-7-14)20-28(24,25)16-8-5-13(21(22)23)10-15(16)26-2/h3-10,20H,1-2H3,(H,18,19). The van der Waals surface area contributed by atoms with Gasteiger partial charge in [0.2, 0.25) is 5.88 Å². The van der Waals surface area contributed by atoms with Crippen molar-refractivity contribution in [3.05, 3.63) is 64.3 Å². The number of anilines is 1. The smallest absolute Gasteiger partial charge is 0.273 e. The number of aromatic amines is 1. The zero-order valence-electron chi connectivity index (χ0n) is 14.9. The Balaban J connectivity index is 1.79. The molecule has 0 aliphatic heterocycles. The summed E-state index contributed by atoms with van der Waals surface area (Å²) in [6.07, 6.45) is 0. The van der Waals surface area contributed by atoms with E-state index in [-0.39, 0.29) is 22.0 Å². The first-order valence-corrected chi connectivity index (χ1v) is 9.42. The molecular weight excluding hydrogens is 388 g/mol. The van der Waals surface area contributed by atoms with E-state index >= 15 is 0 Å². The van der Waals surface area contributed by atoms with E-state index in [0.29, 0.717) is 11.6 Å². The van der Waals surface area contributed by atoms with Crippen molar-refractivity contribution in [1.82, 2.24) is 10.2 Å². The average Bonchev–Trinajstić information content (AvgIpc) is 3.07. The van der Waals surface area contributed by atoms with Crippen LogP contribution >= 0.6 is 0 Å². The van der Waals surface area contributed by atoms with Crippen molar-refractivity contribution in [2.75, 3.05) is 11.8 Å². The van der Waals surface area contributed by atoms with Crippen molar-refractivity contribution in [1.29, 1.82) is 0 Å². The fourth-order valence-corrected chi connectivity index (χ4v) is 3.57. The second-order valence-corrected chi connectivity index (χ2v) is 7.36. The van der Waals surface area contributed by atoms with Gasteiger partial charge in [-0.25, -0.2) is 8.42 Å². The molecule has 0 saturated carbocycles. The Labute approximate surface area is 160 Å². The molecule has 3 rings (SSSR count). The van der Waals surface area contributed by atoms with Crippen molar-refractivity contribution in [2.24, 2.45) is 0 Å². The molecule has 10 nitrogen and oxygen atoms in total. The van der Waals surface area contributed by atoms with Crippen LogP contribution < -0.4 is 14.2 Å². The zero-order valence-corrected chi connectivity index (χ0v) is 15.7. The monoisotopic (exact) mass is 404 g/mol. The Morgan fingerprint density at radius 1 is 1.14 bits per heavy atom. The predicted molar refractivity (Wildman–Crippen MR) is 100 cm³/mol. The average molecular weight is 404 g/mol. The summed E-state index contributed by atoms with van der Waals surface area (Å²) in [5.74, 6) is 0.736. The van der Waals surface area contributed by atoms with Crippen molar-refractivity contribution in [3.63, 3.8) is 0 Å². The Kier molecular flexibility index (Phi) is 5.18. The molecule has 0 unspecified atom stereocenters. The number of hydrogen-bond donors (Lipinski definition) is 2. The van der Waals surface area contributed by atoms with Crippen LogP contribution in [0.2, 0.25) is 0 Å². The summed E-state index contributed by atoms with van der Waals surface area (Å²) < 4.78 is 38.2. The minimum absolute atomic E-state index is 0.129. The van der Waals surface area contributed by atoms with Gasteiger partial charge in [-0.1, -0.05) is 0 Å². The van der Waals surface area contributed by atoms with E-state index < -0.39 is 14.9 Å². The summed E-state index contributed by atoms with van der Waals surface area (Å²) in [4.78, 5) is 10.0. The maximum Gasteiger partial charge on any atom is 0.273 e. The number of aryl methyl sites for hydroxylation is 1. The van der Waals surface area contributed by atoms with Gasteiger partial charge in [-0.3, -0.25) is 19.9 Å². The molecule has 1 heterocycles. The minimum atomic E-state index is -4.02. The van der Waals surface area contributed by atoms with Crippen LogP contribution in [0.25, 0.3) is 0 Å². The van der Waals surface area contributed by atoms with Crippen molar-refractivity contribution in [3.8, 4) is 17.4 Å². The van der Waals surface area contributed by atoms with Gasteiger partial charge in [0.15, 0.2) is 0 Å². The molecule has 28 heavy (non-hydrogen) atoms. The molecule has 0 fully saturated rings. The van der Waals surface area contributed by atoms with Gasteiger partial charge in [0.05, 0.1) is 18.1 Å². The first-order chi connectivity index (χ1) is 13.3. The van der Waals surface area contributed by atoms with Gasteiger partial charge in [-0.05, 0) is 37.3 Å². The summed E-state index contributed by atoms with van der Waals surface area (Å²) in [5, 5.41) is 17.6. The highest BCUT2D eigenvalue weighted by molar-refractivity contribution is 7.92. The number of non-ortho nitro benzene ring substituents is 1. The van der Waals surface area contributed by atoms with E-state index in [1.165, 1.54) is 19.2 Å². The van der Waals surface area contributed by atoms with E-state index in [1.54, 1.807) is 18.2 Å². The second kappa shape index (κ2) is 7.56. The molecule has 1 aromatic heterocycles. The van der Waals surface area contributed by atoms with Gasteiger partial charge in [0.1, 0.15) is 16.4 Å². The van der Waals surface area contributed by atoms with Crippen LogP contribution in [0.15, 0.2) is 53.4 Å². The van der Waals surface area contributed by atoms with Crippen LogP contribution in [-0.2, 0) is 10.0 Å². The molecule has 0 aliphatic rings. The summed E-state index contributed by atoms with van der Waals surface area (Å²) >= 11 is 0. The number of hydrogen-bond acceptors (Lipinski definition) is 7. The second-order valence-electron chi connectivity index (χ2n) is 5.71. The van der Waals surface area contributed by atoms with E-state index in [1.807, 2.05) is 6.92 Å². The van der Waals surface area contributed by atoms with Crippen LogP contribution in [0.3, 0.4) is 0 Å². The van der Waals surface area contributed by atoms with Crippen LogP contribution in [0.5, 0.6) is 17.4 Å². The lowest BCUT2D eigenvalue weighted by Gasteiger charge is -2.12. The summed E-state index contributed by atoms with van der Waals surface area (Å²) in [7, 11) is -2.79. The Morgan fingerprint density at radius 3 is 2.43 bits per heavy atom. The normalized spacial score (nSPS) is 11.1. The fourth-order valence-electron chi connectivity index (χ4n) is 2.36. The highest BCUT2D eigenvalue weighted by Crippen LogP contribution is 2.30. The fraction of sp³-hybridized carbons (Fsp3) is 0.118. The molecule has 0 saturated heterocycles. The predicted octanol–water partition coefficient (Wildman–Crippen LogP) is 3.23. The molecule has 3 aromatic rings. The largest absolute Gasteiger partial charge is 0.495 e. The topological polar surface area (TPSA) is 136 Å². The van der Waals surface area contributed by atoms with Gasteiger partial charge < -0.3 is 9.47 Å². The van der Waals surface area contributed by atoms with Gasteiger partial charge in [0.25, 0.3) is 15.7 Å². The number of sulfonamides is 1. The number of nitro groups is 1. The Hall–Kier alpha value is -3.60. The SMILES string of the molecule is COc1cc([N+](=O)[O-])ccc1S(=O)(=O)Nc1ccc(Oc2cc(C)[nH]n2)cc1. The number of nitrogens with zero attached hydrogens (tertiary/aromatic N) is 2. The van der Waals surface area contributed by atoms with E-state index in [0.717, 1.165) is 23.9 Å². The number of H-pyrrole nitrogens is 1. The molecule has 0 amide bonds. The number of ether oxygens (including phenoxy) is 2. The molecule has 0 radical (unpaired) electrons. The van der Waals surface area contributed by atoms with Crippen molar-refractivity contribution in [2.45, 2.75) is 11.8 Å². The summed E-state index contributed by atoms with van der Waals surface area (Å²) in [6.45, 7) is 1.84.